The van der Waals surface area contributed by atoms with Crippen LogP contribution < -0.4 is 5.73 Å². The summed E-state index contributed by atoms with van der Waals surface area (Å²) in [6, 6.07) is 3.13. The van der Waals surface area contributed by atoms with Crippen molar-refractivity contribution in [2.24, 2.45) is 0 Å². The molecule has 0 spiro atoms. The number of aromatic amines is 1. The van der Waals surface area contributed by atoms with E-state index >= 15 is 0 Å². The molecule has 0 aliphatic carbocycles. The smallest absolute Gasteiger partial charge is 0.243 e. The van der Waals surface area contributed by atoms with Crippen molar-refractivity contribution in [2.45, 2.75) is 25.3 Å². The van der Waals surface area contributed by atoms with Gasteiger partial charge in [-0.15, -0.1) is 0 Å². The van der Waals surface area contributed by atoms with E-state index in [1.54, 1.807) is 18.5 Å². The molecule has 2 rings (SSSR count). The molecule has 7 heteroatoms. The molecule has 1 aromatic heterocycles. The van der Waals surface area contributed by atoms with Crippen LogP contribution in [0.15, 0.2) is 29.4 Å². The zero-order chi connectivity index (χ0) is 14.9. The Kier molecular flexibility index (Phi) is 3.82. The molecule has 1 aromatic carbocycles. The Labute approximate surface area is 118 Å². The summed E-state index contributed by atoms with van der Waals surface area (Å²) in [5.74, 6) is 0.591. The highest BCUT2D eigenvalue weighted by Crippen LogP contribution is 2.24. The monoisotopic (exact) mass is 294 g/mol. The van der Waals surface area contributed by atoms with Gasteiger partial charge in [-0.1, -0.05) is 0 Å². The van der Waals surface area contributed by atoms with Gasteiger partial charge in [0.05, 0.1) is 11.4 Å². The van der Waals surface area contributed by atoms with E-state index in [-0.39, 0.29) is 11.4 Å². The van der Waals surface area contributed by atoms with E-state index in [4.69, 9.17) is 5.73 Å². The topological polar surface area (TPSA) is 92.1 Å². The second kappa shape index (κ2) is 5.26. The Morgan fingerprint density at radius 1 is 1.35 bits per heavy atom. The van der Waals surface area contributed by atoms with Crippen molar-refractivity contribution < 1.29 is 8.42 Å². The molecule has 6 nitrogen and oxygen atoms in total. The molecular weight excluding hydrogens is 276 g/mol. The van der Waals surface area contributed by atoms with Crippen molar-refractivity contribution in [1.29, 1.82) is 0 Å². The van der Waals surface area contributed by atoms with Gasteiger partial charge in [-0.2, -0.15) is 4.31 Å². The number of aromatic nitrogens is 2. The number of nitrogen functional groups attached to an aromatic ring is 1. The highest BCUT2D eigenvalue weighted by molar-refractivity contribution is 7.89. The summed E-state index contributed by atoms with van der Waals surface area (Å²) in [5.41, 5.74) is 8.09. The number of H-pyrrole nitrogens is 1. The van der Waals surface area contributed by atoms with Crippen LogP contribution in [0.1, 0.15) is 17.0 Å². The summed E-state index contributed by atoms with van der Waals surface area (Å²) in [6.07, 6.45) is 3.24. The number of hydrogen-bond donors (Lipinski definition) is 2. The van der Waals surface area contributed by atoms with Gasteiger partial charge in [-0.3, -0.25) is 0 Å². The molecule has 0 bridgehead atoms. The van der Waals surface area contributed by atoms with Crippen molar-refractivity contribution >= 4 is 15.7 Å². The third-order valence-corrected chi connectivity index (χ3v) is 5.10. The molecule has 3 N–H and O–H groups in total. The lowest BCUT2D eigenvalue weighted by molar-refractivity contribution is 0.458. The van der Waals surface area contributed by atoms with Crippen LogP contribution in [0.5, 0.6) is 0 Å². The first kappa shape index (κ1) is 14.5. The predicted molar refractivity (Wildman–Crippen MR) is 77.6 cm³/mol. The molecule has 108 valence electrons. The van der Waals surface area contributed by atoms with Gasteiger partial charge >= 0.3 is 0 Å². The molecule has 20 heavy (non-hydrogen) atoms. The minimum Gasteiger partial charge on any atom is -0.398 e. The molecule has 1 heterocycles. The highest BCUT2D eigenvalue weighted by Gasteiger charge is 2.22. The summed E-state index contributed by atoms with van der Waals surface area (Å²) in [7, 11) is -2.07. The lowest BCUT2D eigenvalue weighted by Gasteiger charge is -2.17. The SMILES string of the molecule is Cc1cc(S(=O)(=O)N(C)Cc2ncc[nH]2)cc(N)c1C. The average molecular weight is 294 g/mol. The van der Waals surface area contributed by atoms with Crippen LogP contribution in [0.3, 0.4) is 0 Å². The maximum absolute atomic E-state index is 12.5. The number of anilines is 1. The van der Waals surface area contributed by atoms with Crippen LogP contribution in [0, 0.1) is 13.8 Å². The first-order chi connectivity index (χ1) is 9.32. The molecule has 2 aromatic rings. The summed E-state index contributed by atoms with van der Waals surface area (Å²) in [6.45, 7) is 3.90. The lowest BCUT2D eigenvalue weighted by Crippen LogP contribution is -2.27. The fourth-order valence-electron chi connectivity index (χ4n) is 1.86. The summed E-state index contributed by atoms with van der Waals surface area (Å²) >= 11 is 0. The Hall–Kier alpha value is -1.86. The van der Waals surface area contributed by atoms with E-state index in [2.05, 4.69) is 9.97 Å². The third-order valence-electron chi connectivity index (χ3n) is 3.32. The van der Waals surface area contributed by atoms with Crippen LogP contribution in [0.25, 0.3) is 0 Å². The van der Waals surface area contributed by atoms with Crippen molar-refractivity contribution in [3.8, 4) is 0 Å². The fourth-order valence-corrected chi connectivity index (χ4v) is 3.12. The van der Waals surface area contributed by atoms with Gasteiger partial charge in [0, 0.05) is 25.1 Å². The molecule has 0 unspecified atom stereocenters. The Bertz CT molecular complexity index is 685. The molecule has 0 amide bonds. The fraction of sp³-hybridized carbons (Fsp3) is 0.308. The normalized spacial score (nSPS) is 12.0. The summed E-state index contributed by atoms with van der Waals surface area (Å²) in [5, 5.41) is 0. The van der Waals surface area contributed by atoms with Crippen LogP contribution in [-0.4, -0.2) is 29.7 Å². The number of nitrogens with one attached hydrogen (secondary N) is 1. The standard InChI is InChI=1S/C13H18N4O2S/c1-9-6-11(7-12(14)10(9)2)20(18,19)17(3)8-13-15-4-5-16-13/h4-7H,8,14H2,1-3H3,(H,15,16). The van der Waals surface area contributed by atoms with Gasteiger partial charge in [0.15, 0.2) is 0 Å². The van der Waals surface area contributed by atoms with E-state index in [1.807, 2.05) is 13.8 Å². The molecule has 0 aliphatic rings. The van der Waals surface area contributed by atoms with Gasteiger partial charge in [0.1, 0.15) is 5.82 Å². The van der Waals surface area contributed by atoms with Gasteiger partial charge in [-0.05, 0) is 37.1 Å². The predicted octanol–water partition coefficient (Wildman–Crippen LogP) is 1.43. The number of rotatable bonds is 4. The van der Waals surface area contributed by atoms with Crippen molar-refractivity contribution in [3.05, 3.63) is 41.5 Å². The summed E-state index contributed by atoms with van der Waals surface area (Å²) < 4.78 is 26.3. The number of sulfonamides is 1. The van der Waals surface area contributed by atoms with Crippen molar-refractivity contribution in [1.82, 2.24) is 14.3 Å². The van der Waals surface area contributed by atoms with E-state index < -0.39 is 10.0 Å². The minimum absolute atomic E-state index is 0.183. The number of hydrogen-bond acceptors (Lipinski definition) is 4. The molecule has 0 aliphatic heterocycles. The highest BCUT2D eigenvalue weighted by atomic mass is 32.2. The Morgan fingerprint density at radius 3 is 2.60 bits per heavy atom. The van der Waals surface area contributed by atoms with Crippen LogP contribution >= 0.6 is 0 Å². The van der Waals surface area contributed by atoms with E-state index in [9.17, 15) is 8.42 Å². The molecule has 0 atom stereocenters. The van der Waals surface area contributed by atoms with Crippen LogP contribution in [0.4, 0.5) is 5.69 Å². The van der Waals surface area contributed by atoms with E-state index in [1.165, 1.54) is 17.4 Å². The number of nitrogens with two attached hydrogens (primary N) is 1. The number of imidazole rings is 1. The molecule has 0 fully saturated rings. The number of aryl methyl sites for hydroxylation is 1. The number of nitrogens with zero attached hydrogens (tertiary/aromatic N) is 2. The van der Waals surface area contributed by atoms with Crippen LogP contribution in [0.2, 0.25) is 0 Å². The zero-order valence-corrected chi connectivity index (χ0v) is 12.5. The van der Waals surface area contributed by atoms with Gasteiger partial charge in [0.2, 0.25) is 10.0 Å². The molecule has 0 saturated carbocycles. The molecule has 0 radical (unpaired) electrons. The van der Waals surface area contributed by atoms with Gasteiger partial charge in [-0.25, -0.2) is 13.4 Å². The van der Waals surface area contributed by atoms with Crippen molar-refractivity contribution in [3.63, 3.8) is 0 Å². The zero-order valence-electron chi connectivity index (χ0n) is 11.7. The lowest BCUT2D eigenvalue weighted by atomic mass is 10.1. The average Bonchev–Trinajstić information content (AvgIpc) is 2.88. The van der Waals surface area contributed by atoms with Gasteiger partial charge in [0.25, 0.3) is 0 Å². The maximum atomic E-state index is 12.5. The quantitative estimate of drug-likeness (QED) is 0.834. The maximum Gasteiger partial charge on any atom is 0.243 e. The number of benzene rings is 1. The molecule has 0 saturated heterocycles. The second-order valence-corrected chi connectivity index (χ2v) is 6.80. The van der Waals surface area contributed by atoms with E-state index in [0.29, 0.717) is 11.5 Å². The Balaban J connectivity index is 2.35. The van der Waals surface area contributed by atoms with Crippen LogP contribution in [-0.2, 0) is 16.6 Å². The van der Waals surface area contributed by atoms with E-state index in [0.717, 1.165) is 11.1 Å². The first-order valence-electron chi connectivity index (χ1n) is 6.13. The largest absolute Gasteiger partial charge is 0.398 e. The van der Waals surface area contributed by atoms with Crippen molar-refractivity contribution in [2.75, 3.05) is 12.8 Å². The third kappa shape index (κ3) is 2.68. The first-order valence-corrected chi connectivity index (χ1v) is 7.57. The minimum atomic E-state index is -3.58. The second-order valence-electron chi connectivity index (χ2n) is 4.75. The Morgan fingerprint density at radius 2 is 2.05 bits per heavy atom. The van der Waals surface area contributed by atoms with Gasteiger partial charge < -0.3 is 10.7 Å². The molecular formula is C13H18N4O2S. The summed E-state index contributed by atoms with van der Waals surface area (Å²) in [4.78, 5) is 7.11.